The molecule has 1 rings (SSSR count). The number of carbonyl (C=O) groups is 1. The van der Waals surface area contributed by atoms with Crippen molar-refractivity contribution in [1.82, 2.24) is 5.32 Å². The zero-order valence-electron chi connectivity index (χ0n) is 10.4. The van der Waals surface area contributed by atoms with E-state index in [1.165, 1.54) is 0 Å². The van der Waals surface area contributed by atoms with Gasteiger partial charge >= 0.3 is 0 Å². The summed E-state index contributed by atoms with van der Waals surface area (Å²) in [5.74, 6) is 0.0308. The number of hydrogen-bond donors (Lipinski definition) is 2. The molecule has 16 heavy (non-hydrogen) atoms. The van der Waals surface area contributed by atoms with Crippen LogP contribution in [0.3, 0.4) is 0 Å². The number of rotatable bonds is 2. The third-order valence-electron chi connectivity index (χ3n) is 2.49. The largest absolute Gasteiger partial charge is 0.398 e. The number of anilines is 1. The lowest BCUT2D eigenvalue weighted by Crippen LogP contribution is -2.36. The fraction of sp³-hybridized carbons (Fsp3) is 0.462. The molecule has 1 unspecified atom stereocenters. The molecule has 0 heterocycles. The second-order valence-electron chi connectivity index (χ2n) is 5.07. The van der Waals surface area contributed by atoms with Crippen molar-refractivity contribution < 1.29 is 4.79 Å². The van der Waals surface area contributed by atoms with Crippen molar-refractivity contribution in [2.24, 2.45) is 5.41 Å². The number of carbonyl (C=O) groups excluding carboxylic acids is 1. The van der Waals surface area contributed by atoms with Crippen LogP contribution in [0.25, 0.3) is 0 Å². The maximum absolute atomic E-state index is 11.8. The summed E-state index contributed by atoms with van der Waals surface area (Å²) in [5, 5.41) is 2.96. The SMILES string of the molecule is CC(NC(=O)C(C)(C)C)c1ccccc1N. The maximum atomic E-state index is 11.8. The Hall–Kier alpha value is -1.51. The number of para-hydroxylation sites is 1. The van der Waals surface area contributed by atoms with E-state index in [9.17, 15) is 4.79 Å². The van der Waals surface area contributed by atoms with Crippen LogP contribution >= 0.6 is 0 Å². The Morgan fingerprint density at radius 3 is 2.38 bits per heavy atom. The van der Waals surface area contributed by atoms with Crippen LogP contribution in [0.1, 0.15) is 39.3 Å². The summed E-state index contributed by atoms with van der Waals surface area (Å²) in [5.41, 5.74) is 7.15. The molecule has 3 N–H and O–H groups in total. The highest BCUT2D eigenvalue weighted by molar-refractivity contribution is 5.81. The Morgan fingerprint density at radius 1 is 1.31 bits per heavy atom. The first-order chi connectivity index (χ1) is 7.32. The van der Waals surface area contributed by atoms with E-state index in [1.807, 2.05) is 52.0 Å². The Labute approximate surface area is 97.0 Å². The molecule has 88 valence electrons. The van der Waals surface area contributed by atoms with Crippen molar-refractivity contribution in [3.8, 4) is 0 Å². The van der Waals surface area contributed by atoms with E-state index in [4.69, 9.17) is 5.73 Å². The standard InChI is InChI=1S/C13H20N2O/c1-9(15-12(16)13(2,3)4)10-7-5-6-8-11(10)14/h5-9H,14H2,1-4H3,(H,15,16). The van der Waals surface area contributed by atoms with Gasteiger partial charge in [-0.2, -0.15) is 0 Å². The predicted octanol–water partition coefficient (Wildman–Crippen LogP) is 2.49. The molecule has 1 aromatic carbocycles. The van der Waals surface area contributed by atoms with E-state index in [0.29, 0.717) is 5.69 Å². The van der Waals surface area contributed by atoms with Gasteiger partial charge in [-0.1, -0.05) is 39.0 Å². The van der Waals surface area contributed by atoms with Crippen LogP contribution in [0.2, 0.25) is 0 Å². The Bertz CT molecular complexity index is 380. The van der Waals surface area contributed by atoms with Crippen LogP contribution in [0.5, 0.6) is 0 Å². The third-order valence-corrected chi connectivity index (χ3v) is 2.49. The lowest BCUT2D eigenvalue weighted by Gasteiger charge is -2.22. The number of nitrogens with two attached hydrogens (primary N) is 1. The first kappa shape index (κ1) is 12.6. The van der Waals surface area contributed by atoms with Crippen LogP contribution < -0.4 is 11.1 Å². The van der Waals surface area contributed by atoms with Gasteiger partial charge in [0, 0.05) is 11.1 Å². The molecule has 1 aromatic rings. The minimum absolute atomic E-state index is 0.0308. The molecule has 0 aliphatic carbocycles. The molecule has 3 nitrogen and oxygen atoms in total. The van der Waals surface area contributed by atoms with E-state index in [2.05, 4.69) is 5.32 Å². The van der Waals surface area contributed by atoms with Crippen molar-refractivity contribution in [1.29, 1.82) is 0 Å². The number of amides is 1. The zero-order chi connectivity index (χ0) is 12.3. The monoisotopic (exact) mass is 220 g/mol. The second-order valence-corrected chi connectivity index (χ2v) is 5.07. The lowest BCUT2D eigenvalue weighted by atomic mass is 9.94. The molecule has 0 saturated carbocycles. The molecule has 0 aromatic heterocycles. The van der Waals surface area contributed by atoms with Gasteiger partial charge in [-0.15, -0.1) is 0 Å². The zero-order valence-corrected chi connectivity index (χ0v) is 10.4. The Kier molecular flexibility index (Phi) is 3.58. The normalized spacial score (nSPS) is 13.2. The summed E-state index contributed by atoms with van der Waals surface area (Å²) in [4.78, 5) is 11.8. The molecule has 3 heteroatoms. The van der Waals surface area contributed by atoms with E-state index in [-0.39, 0.29) is 17.4 Å². The maximum Gasteiger partial charge on any atom is 0.225 e. The summed E-state index contributed by atoms with van der Waals surface area (Å²) in [6, 6.07) is 7.52. The minimum atomic E-state index is -0.377. The highest BCUT2D eigenvalue weighted by Gasteiger charge is 2.23. The predicted molar refractivity (Wildman–Crippen MR) is 66.9 cm³/mol. The van der Waals surface area contributed by atoms with Crippen molar-refractivity contribution in [2.75, 3.05) is 5.73 Å². The molecule has 0 radical (unpaired) electrons. The van der Waals surface area contributed by atoms with Crippen LogP contribution in [0.4, 0.5) is 5.69 Å². The molecule has 0 fully saturated rings. The highest BCUT2D eigenvalue weighted by Crippen LogP contribution is 2.21. The molecule has 0 aliphatic rings. The van der Waals surface area contributed by atoms with Crippen molar-refractivity contribution in [2.45, 2.75) is 33.7 Å². The smallest absolute Gasteiger partial charge is 0.225 e. The summed E-state index contributed by atoms with van der Waals surface area (Å²) >= 11 is 0. The van der Waals surface area contributed by atoms with Crippen molar-refractivity contribution in [3.63, 3.8) is 0 Å². The fourth-order valence-corrected chi connectivity index (χ4v) is 1.40. The van der Waals surface area contributed by atoms with E-state index in [0.717, 1.165) is 5.56 Å². The summed E-state index contributed by atoms with van der Waals surface area (Å²) in [6.07, 6.45) is 0. The van der Waals surface area contributed by atoms with Crippen LogP contribution in [0.15, 0.2) is 24.3 Å². The molecule has 0 bridgehead atoms. The number of nitrogens with one attached hydrogen (secondary N) is 1. The van der Waals surface area contributed by atoms with Gasteiger partial charge in [0.2, 0.25) is 5.91 Å². The first-order valence-corrected chi connectivity index (χ1v) is 5.47. The molecular formula is C13H20N2O. The van der Waals surface area contributed by atoms with Crippen LogP contribution in [-0.4, -0.2) is 5.91 Å². The van der Waals surface area contributed by atoms with E-state index >= 15 is 0 Å². The average molecular weight is 220 g/mol. The van der Waals surface area contributed by atoms with Gasteiger partial charge in [0.1, 0.15) is 0 Å². The Balaban J connectivity index is 2.78. The van der Waals surface area contributed by atoms with Crippen LogP contribution in [-0.2, 0) is 4.79 Å². The topological polar surface area (TPSA) is 55.1 Å². The van der Waals surface area contributed by atoms with Gasteiger partial charge in [0.05, 0.1) is 6.04 Å². The molecule has 0 saturated heterocycles. The average Bonchev–Trinajstić information content (AvgIpc) is 2.16. The van der Waals surface area contributed by atoms with E-state index in [1.54, 1.807) is 0 Å². The van der Waals surface area contributed by atoms with Gasteiger partial charge in [0.25, 0.3) is 0 Å². The van der Waals surface area contributed by atoms with Crippen LogP contribution in [0, 0.1) is 5.41 Å². The number of nitrogen functional groups attached to an aromatic ring is 1. The summed E-state index contributed by atoms with van der Waals surface area (Å²) < 4.78 is 0. The number of hydrogen-bond acceptors (Lipinski definition) is 2. The summed E-state index contributed by atoms with van der Waals surface area (Å²) in [6.45, 7) is 7.62. The number of benzene rings is 1. The molecule has 0 spiro atoms. The minimum Gasteiger partial charge on any atom is -0.398 e. The third kappa shape index (κ3) is 2.99. The van der Waals surface area contributed by atoms with Gasteiger partial charge in [-0.05, 0) is 18.6 Å². The summed E-state index contributed by atoms with van der Waals surface area (Å²) in [7, 11) is 0. The van der Waals surface area contributed by atoms with Gasteiger partial charge in [-0.25, -0.2) is 0 Å². The molecule has 0 aliphatic heterocycles. The highest BCUT2D eigenvalue weighted by atomic mass is 16.2. The molecule has 1 amide bonds. The second kappa shape index (κ2) is 4.56. The van der Waals surface area contributed by atoms with Gasteiger partial charge in [0.15, 0.2) is 0 Å². The van der Waals surface area contributed by atoms with E-state index < -0.39 is 0 Å². The first-order valence-electron chi connectivity index (χ1n) is 5.47. The molecular weight excluding hydrogens is 200 g/mol. The fourth-order valence-electron chi connectivity index (χ4n) is 1.40. The Morgan fingerprint density at radius 2 is 1.88 bits per heavy atom. The van der Waals surface area contributed by atoms with Crippen molar-refractivity contribution >= 4 is 11.6 Å². The van der Waals surface area contributed by atoms with Gasteiger partial charge < -0.3 is 11.1 Å². The van der Waals surface area contributed by atoms with Gasteiger partial charge in [-0.3, -0.25) is 4.79 Å². The lowest BCUT2D eigenvalue weighted by molar-refractivity contribution is -0.129. The molecule has 1 atom stereocenters. The quantitative estimate of drug-likeness (QED) is 0.752. The van der Waals surface area contributed by atoms with Crippen molar-refractivity contribution in [3.05, 3.63) is 29.8 Å².